The third-order valence-corrected chi connectivity index (χ3v) is 7.15. The molecule has 2 aliphatic rings. The Kier molecular flexibility index (Phi) is 4.99. The van der Waals surface area contributed by atoms with E-state index in [2.05, 4.69) is 20.1 Å². The van der Waals surface area contributed by atoms with Gasteiger partial charge in [-0.2, -0.15) is 0 Å². The summed E-state index contributed by atoms with van der Waals surface area (Å²) in [5.41, 5.74) is 1.63. The van der Waals surface area contributed by atoms with Gasteiger partial charge in [0.25, 0.3) is 0 Å². The number of nitrogens with one attached hydrogen (secondary N) is 1. The lowest BCUT2D eigenvalue weighted by molar-refractivity contribution is -0.116. The second-order valence-corrected chi connectivity index (χ2v) is 9.73. The summed E-state index contributed by atoms with van der Waals surface area (Å²) < 4.78 is 25.3. The van der Waals surface area contributed by atoms with E-state index < -0.39 is 9.84 Å². The van der Waals surface area contributed by atoms with E-state index in [0.29, 0.717) is 12.1 Å². The number of amides is 1. The van der Waals surface area contributed by atoms with Crippen LogP contribution in [0.3, 0.4) is 0 Å². The van der Waals surface area contributed by atoms with Gasteiger partial charge in [0.1, 0.15) is 5.82 Å². The van der Waals surface area contributed by atoms with Crippen LogP contribution >= 0.6 is 0 Å². The van der Waals surface area contributed by atoms with E-state index in [-0.39, 0.29) is 29.8 Å². The summed E-state index contributed by atoms with van der Waals surface area (Å²) in [6, 6.07) is 7.61. The summed E-state index contributed by atoms with van der Waals surface area (Å²) in [5.74, 6) is 1.95. The van der Waals surface area contributed by atoms with Crippen LogP contribution in [0.4, 0.5) is 5.69 Å². The predicted molar refractivity (Wildman–Crippen MR) is 103 cm³/mol. The first-order chi connectivity index (χ1) is 13.0. The van der Waals surface area contributed by atoms with Crippen molar-refractivity contribution in [2.75, 3.05) is 16.8 Å². The van der Waals surface area contributed by atoms with Crippen LogP contribution < -0.4 is 5.32 Å². The average Bonchev–Trinajstić information content (AvgIpc) is 3.09. The number of sulfone groups is 1. The number of aryl methyl sites for hydroxylation is 1. The maximum atomic E-state index is 12.3. The summed E-state index contributed by atoms with van der Waals surface area (Å²) in [6.07, 6.45) is 5.23. The largest absolute Gasteiger partial charge is 0.326 e. The molecule has 8 heteroatoms. The molecule has 1 aromatic heterocycles. The summed E-state index contributed by atoms with van der Waals surface area (Å²) in [5, 5.41) is 11.6. The second-order valence-electron chi connectivity index (χ2n) is 7.50. The monoisotopic (exact) mass is 388 g/mol. The van der Waals surface area contributed by atoms with E-state index in [4.69, 9.17) is 0 Å². The minimum atomic E-state index is -2.96. The Balaban J connectivity index is 1.47. The molecule has 1 atom stereocenters. The maximum Gasteiger partial charge on any atom is 0.224 e. The fraction of sp³-hybridized carbons (Fsp3) is 0.526. The molecule has 1 saturated heterocycles. The highest BCUT2D eigenvalue weighted by atomic mass is 32.2. The van der Waals surface area contributed by atoms with E-state index in [1.54, 1.807) is 0 Å². The minimum absolute atomic E-state index is 0.0783. The molecule has 0 unspecified atom stereocenters. The number of anilines is 1. The summed E-state index contributed by atoms with van der Waals surface area (Å²) in [4.78, 5) is 12.3. The third kappa shape index (κ3) is 4.21. The fourth-order valence-electron chi connectivity index (χ4n) is 3.94. The number of hydrogen-bond acceptors (Lipinski definition) is 5. The lowest BCUT2D eigenvalue weighted by atomic mass is 10.0. The van der Waals surface area contributed by atoms with Gasteiger partial charge in [-0.1, -0.05) is 18.6 Å². The van der Waals surface area contributed by atoms with Gasteiger partial charge >= 0.3 is 0 Å². The Morgan fingerprint density at radius 3 is 2.93 bits per heavy atom. The molecule has 4 rings (SSSR count). The Bertz CT molecular complexity index is 952. The molecule has 0 spiro atoms. The molecular weight excluding hydrogens is 364 g/mol. The standard InChI is InChI=1S/C19H24N4O3S/c24-18(11-14-8-10-27(25,26)13-14)20-16-6-4-5-15(12-16)19-22-21-17-7-2-1-3-9-23(17)19/h4-6,12,14H,1-3,7-11,13H2,(H,20,24)/t14-/m1/s1. The zero-order valence-corrected chi connectivity index (χ0v) is 16.0. The SMILES string of the molecule is O=C(C[C@H]1CCS(=O)(=O)C1)Nc1cccc(-c2nnc3n2CCCCC3)c1. The van der Waals surface area contributed by atoms with Crippen molar-refractivity contribution in [3.05, 3.63) is 30.1 Å². The van der Waals surface area contributed by atoms with Gasteiger partial charge in [-0.05, 0) is 37.3 Å². The molecule has 0 aliphatic carbocycles. The molecule has 2 aliphatic heterocycles. The van der Waals surface area contributed by atoms with Gasteiger partial charge in [-0.25, -0.2) is 8.42 Å². The Morgan fingerprint density at radius 1 is 1.22 bits per heavy atom. The molecule has 0 radical (unpaired) electrons. The van der Waals surface area contributed by atoms with E-state index in [9.17, 15) is 13.2 Å². The summed E-state index contributed by atoms with van der Waals surface area (Å²) in [7, 11) is -2.96. The molecule has 144 valence electrons. The predicted octanol–water partition coefficient (Wildman–Crippen LogP) is 2.43. The number of benzene rings is 1. The normalized spacial score (nSPS) is 21.4. The van der Waals surface area contributed by atoms with E-state index >= 15 is 0 Å². The topological polar surface area (TPSA) is 93.9 Å². The van der Waals surface area contributed by atoms with Gasteiger partial charge < -0.3 is 9.88 Å². The molecule has 1 aromatic carbocycles. The maximum absolute atomic E-state index is 12.3. The number of nitrogens with zero attached hydrogens (tertiary/aromatic N) is 3. The van der Waals surface area contributed by atoms with Crippen molar-refractivity contribution >= 4 is 21.4 Å². The van der Waals surface area contributed by atoms with Crippen molar-refractivity contribution in [3.8, 4) is 11.4 Å². The number of aromatic nitrogens is 3. The zero-order chi connectivity index (χ0) is 18.9. The second kappa shape index (κ2) is 7.42. The van der Waals surface area contributed by atoms with Crippen LogP contribution in [-0.4, -0.2) is 40.6 Å². The molecule has 3 heterocycles. The van der Waals surface area contributed by atoms with Crippen molar-refractivity contribution < 1.29 is 13.2 Å². The van der Waals surface area contributed by atoms with Gasteiger partial charge in [0, 0.05) is 30.6 Å². The summed E-state index contributed by atoms with van der Waals surface area (Å²) in [6.45, 7) is 0.921. The van der Waals surface area contributed by atoms with Gasteiger partial charge in [0.2, 0.25) is 5.91 Å². The van der Waals surface area contributed by atoms with Crippen molar-refractivity contribution in [2.45, 2.75) is 45.1 Å². The van der Waals surface area contributed by atoms with Crippen LogP contribution in [0.5, 0.6) is 0 Å². The fourth-order valence-corrected chi connectivity index (χ4v) is 5.80. The van der Waals surface area contributed by atoms with Crippen molar-refractivity contribution in [2.24, 2.45) is 5.92 Å². The molecule has 2 aromatic rings. The lowest BCUT2D eigenvalue weighted by Gasteiger charge is -2.11. The van der Waals surface area contributed by atoms with Crippen LogP contribution in [0.2, 0.25) is 0 Å². The first-order valence-corrected chi connectivity index (χ1v) is 11.4. The van der Waals surface area contributed by atoms with Crippen LogP contribution in [0.15, 0.2) is 24.3 Å². The highest BCUT2D eigenvalue weighted by Crippen LogP contribution is 2.26. The Labute approximate surface area is 159 Å². The third-order valence-electron chi connectivity index (χ3n) is 5.31. The van der Waals surface area contributed by atoms with Crippen LogP contribution in [0.25, 0.3) is 11.4 Å². The number of hydrogen-bond donors (Lipinski definition) is 1. The van der Waals surface area contributed by atoms with Gasteiger partial charge in [-0.15, -0.1) is 10.2 Å². The molecular formula is C19H24N4O3S. The number of carbonyl (C=O) groups excluding carboxylic acids is 1. The van der Waals surface area contributed by atoms with E-state index in [1.165, 1.54) is 6.42 Å². The lowest BCUT2D eigenvalue weighted by Crippen LogP contribution is -2.17. The van der Waals surface area contributed by atoms with Crippen molar-refractivity contribution in [1.29, 1.82) is 0 Å². The van der Waals surface area contributed by atoms with Crippen LogP contribution in [-0.2, 0) is 27.6 Å². The molecule has 7 nitrogen and oxygen atoms in total. The van der Waals surface area contributed by atoms with Gasteiger partial charge in [0.05, 0.1) is 11.5 Å². The average molecular weight is 388 g/mol. The Morgan fingerprint density at radius 2 is 2.11 bits per heavy atom. The van der Waals surface area contributed by atoms with E-state index in [0.717, 1.165) is 43.0 Å². The van der Waals surface area contributed by atoms with Crippen molar-refractivity contribution in [3.63, 3.8) is 0 Å². The van der Waals surface area contributed by atoms with Gasteiger partial charge in [0.15, 0.2) is 15.7 Å². The van der Waals surface area contributed by atoms with E-state index in [1.807, 2.05) is 24.3 Å². The molecule has 1 fully saturated rings. The molecule has 1 N–H and O–H groups in total. The smallest absolute Gasteiger partial charge is 0.224 e. The summed E-state index contributed by atoms with van der Waals surface area (Å²) >= 11 is 0. The molecule has 0 bridgehead atoms. The van der Waals surface area contributed by atoms with Crippen molar-refractivity contribution in [1.82, 2.24) is 14.8 Å². The Hall–Kier alpha value is -2.22. The highest BCUT2D eigenvalue weighted by Gasteiger charge is 2.29. The molecule has 0 saturated carbocycles. The highest BCUT2D eigenvalue weighted by molar-refractivity contribution is 7.91. The number of carbonyl (C=O) groups is 1. The van der Waals surface area contributed by atoms with Crippen LogP contribution in [0, 0.1) is 5.92 Å². The molecule has 1 amide bonds. The minimum Gasteiger partial charge on any atom is -0.326 e. The first-order valence-electron chi connectivity index (χ1n) is 9.53. The zero-order valence-electron chi connectivity index (χ0n) is 15.2. The number of fused-ring (bicyclic) bond motifs is 1. The quantitative estimate of drug-likeness (QED) is 0.868. The van der Waals surface area contributed by atoms with Gasteiger partial charge in [-0.3, -0.25) is 4.79 Å². The van der Waals surface area contributed by atoms with Crippen LogP contribution in [0.1, 0.15) is 37.9 Å². The first kappa shape index (κ1) is 18.2. The molecule has 27 heavy (non-hydrogen) atoms. The number of rotatable bonds is 4.